The summed E-state index contributed by atoms with van der Waals surface area (Å²) in [6.07, 6.45) is 8.97. The van der Waals surface area contributed by atoms with E-state index in [1.807, 2.05) is 0 Å². The topological polar surface area (TPSA) is 26.0 Å². The Morgan fingerprint density at radius 2 is 2.10 bits per heavy atom. The van der Waals surface area contributed by atoms with E-state index in [-0.39, 0.29) is 0 Å². The lowest BCUT2D eigenvalue weighted by molar-refractivity contribution is 0.508. The maximum absolute atomic E-state index is 6.07. The minimum Gasteiger partial charge on any atom is -0.328 e. The molecule has 1 nitrogen and oxygen atoms in total. The standard InChI is InChI=1S/C19H29NS/c1-2-9-21-13-14-3-4-16-11-17(6-5-15(16)10-14)18-7-8-19(20)12-18/h5-6,11,14,18-19H,2-4,7-10,12-13,20H2,1H3. The lowest BCUT2D eigenvalue weighted by Gasteiger charge is -2.25. The largest absolute Gasteiger partial charge is 0.328 e. The highest BCUT2D eigenvalue weighted by Gasteiger charge is 2.25. The van der Waals surface area contributed by atoms with Crippen LogP contribution in [0.15, 0.2) is 18.2 Å². The molecule has 1 saturated carbocycles. The number of rotatable bonds is 5. The van der Waals surface area contributed by atoms with Gasteiger partial charge in [0.1, 0.15) is 0 Å². The summed E-state index contributed by atoms with van der Waals surface area (Å²) in [6.45, 7) is 2.28. The molecule has 3 unspecified atom stereocenters. The van der Waals surface area contributed by atoms with Gasteiger partial charge in [-0.05, 0) is 85.0 Å². The third-order valence-electron chi connectivity index (χ3n) is 5.21. The molecule has 1 fully saturated rings. The van der Waals surface area contributed by atoms with Crippen LogP contribution in [0.5, 0.6) is 0 Å². The van der Waals surface area contributed by atoms with Crippen molar-refractivity contribution in [1.29, 1.82) is 0 Å². The van der Waals surface area contributed by atoms with Gasteiger partial charge < -0.3 is 5.73 Å². The van der Waals surface area contributed by atoms with E-state index in [0.29, 0.717) is 6.04 Å². The first-order valence-electron chi connectivity index (χ1n) is 8.71. The number of fused-ring (bicyclic) bond motifs is 1. The Morgan fingerprint density at radius 3 is 2.86 bits per heavy atom. The van der Waals surface area contributed by atoms with Crippen LogP contribution in [0, 0.1) is 5.92 Å². The van der Waals surface area contributed by atoms with Gasteiger partial charge in [0.2, 0.25) is 0 Å². The van der Waals surface area contributed by atoms with Gasteiger partial charge in [0, 0.05) is 6.04 Å². The van der Waals surface area contributed by atoms with E-state index in [9.17, 15) is 0 Å². The van der Waals surface area contributed by atoms with E-state index >= 15 is 0 Å². The van der Waals surface area contributed by atoms with E-state index in [0.717, 1.165) is 11.8 Å². The molecule has 0 amide bonds. The average molecular weight is 304 g/mol. The maximum Gasteiger partial charge on any atom is 0.00448 e. The minimum absolute atomic E-state index is 0.436. The summed E-state index contributed by atoms with van der Waals surface area (Å²) in [6, 6.07) is 7.76. The lowest BCUT2D eigenvalue weighted by Crippen LogP contribution is -2.17. The second-order valence-corrected chi connectivity index (χ2v) is 8.13. The van der Waals surface area contributed by atoms with Crippen molar-refractivity contribution in [3.63, 3.8) is 0 Å². The zero-order valence-corrected chi connectivity index (χ0v) is 14.1. The van der Waals surface area contributed by atoms with Gasteiger partial charge in [-0.3, -0.25) is 0 Å². The van der Waals surface area contributed by atoms with Gasteiger partial charge in [0.25, 0.3) is 0 Å². The van der Waals surface area contributed by atoms with Crippen molar-refractivity contribution in [2.45, 2.75) is 63.8 Å². The monoisotopic (exact) mass is 303 g/mol. The highest BCUT2D eigenvalue weighted by molar-refractivity contribution is 7.99. The molecule has 21 heavy (non-hydrogen) atoms. The van der Waals surface area contributed by atoms with E-state index in [4.69, 9.17) is 5.73 Å². The molecule has 0 aliphatic heterocycles. The molecule has 1 aromatic carbocycles. The van der Waals surface area contributed by atoms with Gasteiger partial charge in [0.15, 0.2) is 0 Å². The number of aryl methyl sites for hydroxylation is 1. The molecule has 0 saturated heterocycles. The summed E-state index contributed by atoms with van der Waals surface area (Å²) in [4.78, 5) is 0. The zero-order chi connectivity index (χ0) is 14.7. The first kappa shape index (κ1) is 15.4. The Labute approximate surface area is 134 Å². The van der Waals surface area contributed by atoms with Crippen LogP contribution in [0.4, 0.5) is 0 Å². The third-order valence-corrected chi connectivity index (χ3v) is 6.61. The minimum atomic E-state index is 0.436. The molecule has 3 rings (SSSR count). The highest BCUT2D eigenvalue weighted by Crippen LogP contribution is 2.36. The Morgan fingerprint density at radius 1 is 1.19 bits per heavy atom. The first-order chi connectivity index (χ1) is 10.3. The highest BCUT2D eigenvalue weighted by atomic mass is 32.2. The van der Waals surface area contributed by atoms with Crippen molar-refractivity contribution in [3.8, 4) is 0 Å². The van der Waals surface area contributed by atoms with E-state index < -0.39 is 0 Å². The molecule has 0 bridgehead atoms. The molecule has 1 aromatic rings. The van der Waals surface area contributed by atoms with Crippen molar-refractivity contribution >= 4 is 11.8 Å². The Bertz CT molecular complexity index is 471. The number of nitrogens with two attached hydrogens (primary N) is 1. The summed E-state index contributed by atoms with van der Waals surface area (Å²) >= 11 is 2.14. The van der Waals surface area contributed by atoms with Crippen LogP contribution in [-0.4, -0.2) is 17.5 Å². The number of thioether (sulfide) groups is 1. The second-order valence-electron chi connectivity index (χ2n) is 6.98. The van der Waals surface area contributed by atoms with Gasteiger partial charge in [-0.15, -0.1) is 0 Å². The molecule has 3 atom stereocenters. The maximum atomic E-state index is 6.07. The van der Waals surface area contributed by atoms with Crippen molar-refractivity contribution in [2.75, 3.05) is 11.5 Å². The van der Waals surface area contributed by atoms with Crippen LogP contribution in [0.25, 0.3) is 0 Å². The molecule has 0 radical (unpaired) electrons. The number of hydrogen-bond donors (Lipinski definition) is 1. The smallest absolute Gasteiger partial charge is 0.00448 e. The van der Waals surface area contributed by atoms with Gasteiger partial charge in [-0.1, -0.05) is 25.1 Å². The molecule has 0 spiro atoms. The van der Waals surface area contributed by atoms with Gasteiger partial charge >= 0.3 is 0 Å². The molecule has 2 heteroatoms. The van der Waals surface area contributed by atoms with Crippen molar-refractivity contribution in [3.05, 3.63) is 34.9 Å². The normalized spacial score (nSPS) is 28.6. The molecule has 2 aliphatic rings. The predicted octanol–water partition coefficient (Wildman–Crippen LogP) is 4.53. The first-order valence-corrected chi connectivity index (χ1v) is 9.86. The van der Waals surface area contributed by atoms with Crippen molar-refractivity contribution in [1.82, 2.24) is 0 Å². The second kappa shape index (κ2) is 7.19. The average Bonchev–Trinajstić information content (AvgIpc) is 2.93. The predicted molar refractivity (Wildman–Crippen MR) is 94.1 cm³/mol. The summed E-state index contributed by atoms with van der Waals surface area (Å²) in [7, 11) is 0. The summed E-state index contributed by atoms with van der Waals surface area (Å²) in [5, 5.41) is 0. The fraction of sp³-hybridized carbons (Fsp3) is 0.684. The number of benzene rings is 1. The van der Waals surface area contributed by atoms with Crippen LogP contribution < -0.4 is 5.73 Å². The molecule has 2 N–H and O–H groups in total. The molecular weight excluding hydrogens is 274 g/mol. The molecule has 0 heterocycles. The number of hydrogen-bond acceptors (Lipinski definition) is 2. The van der Waals surface area contributed by atoms with Crippen LogP contribution in [0.1, 0.15) is 61.6 Å². The van der Waals surface area contributed by atoms with E-state index in [1.165, 1.54) is 56.5 Å². The lowest BCUT2D eigenvalue weighted by atomic mass is 9.82. The molecule has 116 valence electrons. The van der Waals surface area contributed by atoms with Crippen LogP contribution in [0.3, 0.4) is 0 Å². The SMILES string of the molecule is CCCSCC1CCc2cc(C3CCC(N)C3)ccc2C1. The summed E-state index contributed by atoms with van der Waals surface area (Å²) in [5.41, 5.74) is 10.9. The Hall–Kier alpha value is -0.470. The molecule has 2 aliphatic carbocycles. The van der Waals surface area contributed by atoms with Gasteiger partial charge in [-0.2, -0.15) is 11.8 Å². The summed E-state index contributed by atoms with van der Waals surface area (Å²) in [5.74, 6) is 4.31. The van der Waals surface area contributed by atoms with Gasteiger partial charge in [-0.25, -0.2) is 0 Å². The van der Waals surface area contributed by atoms with Crippen LogP contribution in [0.2, 0.25) is 0 Å². The van der Waals surface area contributed by atoms with Gasteiger partial charge in [0.05, 0.1) is 0 Å². The third kappa shape index (κ3) is 3.84. The van der Waals surface area contributed by atoms with E-state index in [1.54, 1.807) is 16.7 Å². The van der Waals surface area contributed by atoms with Crippen LogP contribution >= 0.6 is 11.8 Å². The fourth-order valence-corrected chi connectivity index (χ4v) is 5.03. The van der Waals surface area contributed by atoms with Crippen LogP contribution in [-0.2, 0) is 12.8 Å². The fourth-order valence-electron chi connectivity index (χ4n) is 3.96. The zero-order valence-electron chi connectivity index (χ0n) is 13.3. The van der Waals surface area contributed by atoms with E-state index in [2.05, 4.69) is 36.9 Å². The Balaban J connectivity index is 1.62. The molecular formula is C19H29NS. The quantitative estimate of drug-likeness (QED) is 0.809. The Kier molecular flexibility index (Phi) is 5.29. The molecule has 0 aromatic heterocycles. The van der Waals surface area contributed by atoms with Crippen molar-refractivity contribution < 1.29 is 0 Å². The van der Waals surface area contributed by atoms with Crippen molar-refractivity contribution in [2.24, 2.45) is 11.7 Å². The summed E-state index contributed by atoms with van der Waals surface area (Å²) < 4.78 is 0.